The van der Waals surface area contributed by atoms with Crippen molar-refractivity contribution in [3.8, 4) is 0 Å². The van der Waals surface area contributed by atoms with E-state index in [1.807, 2.05) is 13.8 Å². The van der Waals surface area contributed by atoms with Gasteiger partial charge in [0.1, 0.15) is 0 Å². The Bertz CT molecular complexity index is 319. The van der Waals surface area contributed by atoms with Gasteiger partial charge in [-0.2, -0.15) is 0 Å². The van der Waals surface area contributed by atoms with Gasteiger partial charge >= 0.3 is 16.3 Å². The Morgan fingerprint density at radius 3 is 1.68 bits per heavy atom. The van der Waals surface area contributed by atoms with E-state index in [9.17, 15) is 9.79 Å². The van der Waals surface area contributed by atoms with E-state index in [2.05, 4.69) is 29.8 Å². The fourth-order valence-electron chi connectivity index (χ4n) is 2.85. The zero-order valence-corrected chi connectivity index (χ0v) is 14.2. The summed E-state index contributed by atoms with van der Waals surface area (Å²) in [4.78, 5) is 37.1. The van der Waals surface area contributed by atoms with E-state index >= 15 is 0 Å². The van der Waals surface area contributed by atoms with Crippen LogP contribution < -0.4 is 0 Å². The molecule has 0 fully saturated rings. The average molecular weight is 315 g/mol. The lowest BCUT2D eigenvalue weighted by atomic mass is 9.64. The van der Waals surface area contributed by atoms with Gasteiger partial charge in [0.25, 0.3) is 0 Å². The van der Waals surface area contributed by atoms with Crippen LogP contribution >= 0.6 is 16.3 Å². The first-order chi connectivity index (χ1) is 8.62. The monoisotopic (exact) mass is 315 g/mol. The molecule has 0 spiro atoms. The van der Waals surface area contributed by atoms with Crippen molar-refractivity contribution in [1.29, 1.82) is 0 Å². The van der Waals surface area contributed by atoms with Gasteiger partial charge in [0, 0.05) is 0 Å². The van der Waals surface area contributed by atoms with Crippen molar-refractivity contribution >= 4 is 16.3 Å². The number of hydrogen-bond acceptors (Lipinski definition) is 4. The molecule has 1 atom stereocenters. The van der Waals surface area contributed by atoms with Crippen LogP contribution in [-0.2, 0) is 4.31 Å². The summed E-state index contributed by atoms with van der Waals surface area (Å²) in [6.45, 7) is 9.95. The molecule has 0 aliphatic carbocycles. The lowest BCUT2D eigenvalue weighted by molar-refractivity contribution is 0.108. The van der Waals surface area contributed by atoms with Gasteiger partial charge in [-0.15, -0.1) is 0 Å². The van der Waals surface area contributed by atoms with Gasteiger partial charge in [0.2, 0.25) is 0 Å². The smallest absolute Gasteiger partial charge is 0.328 e. The molecule has 116 valence electrons. The van der Waals surface area contributed by atoms with Gasteiger partial charge in [-0.3, -0.25) is 0 Å². The van der Waals surface area contributed by atoms with Crippen molar-refractivity contribution in [3.63, 3.8) is 0 Å². The lowest BCUT2D eigenvalue weighted by Crippen LogP contribution is -2.43. The van der Waals surface area contributed by atoms with Crippen molar-refractivity contribution in [1.82, 2.24) is 0 Å². The van der Waals surface area contributed by atoms with E-state index in [4.69, 9.17) is 9.79 Å². The summed E-state index contributed by atoms with van der Waals surface area (Å²) in [5.41, 5.74) is -0.858. The summed E-state index contributed by atoms with van der Waals surface area (Å²) >= 11 is 0. The average Bonchev–Trinajstić information content (AvgIpc) is 2.29. The highest BCUT2D eigenvalue weighted by Gasteiger charge is 2.45. The maximum atomic E-state index is 9.78. The molecular weight excluding hydrogens is 288 g/mol. The van der Waals surface area contributed by atoms with Crippen LogP contribution in [0.5, 0.6) is 0 Å². The van der Waals surface area contributed by atoms with E-state index in [1.165, 1.54) is 0 Å². The predicted octanol–water partition coefficient (Wildman–Crippen LogP) is 3.53. The summed E-state index contributed by atoms with van der Waals surface area (Å²) < 4.78 is 8.48. The van der Waals surface area contributed by atoms with Crippen molar-refractivity contribution in [2.24, 2.45) is 10.2 Å². The molecule has 0 rings (SSSR count). The second-order valence-electron chi connectivity index (χ2n) is 4.92. The third kappa shape index (κ3) is 4.75. The van der Waals surface area contributed by atoms with Crippen LogP contribution in [-0.4, -0.2) is 25.1 Å². The molecule has 6 nitrogen and oxygen atoms in total. The van der Waals surface area contributed by atoms with Gasteiger partial charge in [-0.1, -0.05) is 27.7 Å². The standard InChI is InChI=1S/C11H27NO5P2/c1-6-10(5,11(7-2,8-3)9-4)12-19(15,16)17-18(13)14/h13-16H,6-9H2,1-5H3. The number of hydrogen-bond donors (Lipinski definition) is 4. The topological polar surface area (TPSA) is 103 Å². The number of rotatable bonds is 8. The minimum atomic E-state index is -4.12. The summed E-state index contributed by atoms with van der Waals surface area (Å²) in [7, 11) is -6.96. The molecule has 19 heavy (non-hydrogen) atoms. The second kappa shape index (κ2) is 7.46. The van der Waals surface area contributed by atoms with Gasteiger partial charge in [-0.25, -0.2) is 9.06 Å². The summed E-state index contributed by atoms with van der Waals surface area (Å²) in [5.74, 6) is 0. The quantitative estimate of drug-likeness (QED) is 0.513. The second-order valence-corrected chi connectivity index (χ2v) is 7.30. The van der Waals surface area contributed by atoms with Crippen molar-refractivity contribution in [2.75, 3.05) is 0 Å². The van der Waals surface area contributed by atoms with Crippen molar-refractivity contribution in [2.45, 2.75) is 65.8 Å². The Kier molecular flexibility index (Phi) is 7.64. The van der Waals surface area contributed by atoms with Crippen molar-refractivity contribution in [3.05, 3.63) is 0 Å². The Labute approximate surface area is 117 Å². The Hall–Kier alpha value is 0.460. The van der Waals surface area contributed by atoms with Crippen LogP contribution in [0.3, 0.4) is 0 Å². The zero-order valence-electron chi connectivity index (χ0n) is 12.4. The van der Waals surface area contributed by atoms with E-state index in [0.29, 0.717) is 6.42 Å². The molecule has 1 unspecified atom stereocenters. The maximum Gasteiger partial charge on any atom is 0.357 e. The fraction of sp³-hybridized carbons (Fsp3) is 1.00. The first-order valence-electron chi connectivity index (χ1n) is 6.58. The molecule has 8 heteroatoms. The van der Waals surface area contributed by atoms with Gasteiger partial charge in [0.05, 0.1) is 5.54 Å². The van der Waals surface area contributed by atoms with Crippen molar-refractivity contribution < 1.29 is 23.9 Å². The molecule has 0 radical (unpaired) electrons. The van der Waals surface area contributed by atoms with E-state index in [0.717, 1.165) is 19.3 Å². The van der Waals surface area contributed by atoms with Gasteiger partial charge < -0.3 is 19.6 Å². The Morgan fingerprint density at radius 2 is 1.42 bits per heavy atom. The largest absolute Gasteiger partial charge is 0.357 e. The van der Waals surface area contributed by atoms with Crippen LogP contribution in [0.15, 0.2) is 4.74 Å². The third-order valence-electron chi connectivity index (χ3n) is 4.39. The van der Waals surface area contributed by atoms with E-state index in [1.54, 1.807) is 0 Å². The highest BCUT2D eigenvalue weighted by Crippen LogP contribution is 2.57. The first-order valence-corrected chi connectivity index (χ1v) is 9.31. The summed E-state index contributed by atoms with van der Waals surface area (Å²) in [5, 5.41) is 0. The molecule has 0 aromatic carbocycles. The maximum absolute atomic E-state index is 9.78. The molecule has 0 heterocycles. The molecule has 0 amide bonds. The molecule has 4 N–H and O–H groups in total. The minimum absolute atomic E-state index is 0.171. The van der Waals surface area contributed by atoms with Gasteiger partial charge in [0.15, 0.2) is 0 Å². The van der Waals surface area contributed by atoms with Gasteiger partial charge in [-0.05, 0) is 38.0 Å². The highest BCUT2D eigenvalue weighted by atomic mass is 31.3. The number of nitrogens with zero attached hydrogens (tertiary/aromatic N) is 1. The Morgan fingerprint density at radius 1 is 1.00 bits per heavy atom. The fourth-order valence-corrected chi connectivity index (χ4v) is 4.71. The van der Waals surface area contributed by atoms with Crippen LogP contribution in [0, 0.1) is 5.41 Å². The highest BCUT2D eigenvalue weighted by molar-refractivity contribution is 7.58. The van der Waals surface area contributed by atoms with Crippen LogP contribution in [0.4, 0.5) is 0 Å². The molecule has 0 aliphatic heterocycles. The van der Waals surface area contributed by atoms with Crippen LogP contribution in [0.1, 0.15) is 60.3 Å². The van der Waals surface area contributed by atoms with E-state index in [-0.39, 0.29) is 5.41 Å². The predicted molar refractivity (Wildman–Crippen MR) is 78.2 cm³/mol. The zero-order chi connectivity index (χ0) is 15.3. The normalized spacial score (nSPS) is 16.5. The third-order valence-corrected chi connectivity index (χ3v) is 6.56. The first kappa shape index (κ1) is 19.5. The minimum Gasteiger partial charge on any atom is -0.328 e. The Balaban J connectivity index is 5.66. The molecule has 0 aromatic heterocycles. The van der Waals surface area contributed by atoms with Crippen LogP contribution in [0.2, 0.25) is 0 Å². The SMILES string of the molecule is CCC(CC)(CC)C(C)(CC)N=P(O)(O)OP(O)O. The molecule has 0 aromatic rings. The molecule has 0 saturated carbocycles. The molecule has 0 aliphatic rings. The van der Waals surface area contributed by atoms with E-state index < -0.39 is 21.9 Å². The lowest BCUT2D eigenvalue weighted by Gasteiger charge is -2.45. The molecule has 0 bridgehead atoms. The molecule has 0 saturated heterocycles. The molecular formula is C11H27NO5P2. The summed E-state index contributed by atoms with van der Waals surface area (Å²) in [6.07, 6.45) is 3.16. The van der Waals surface area contributed by atoms with Crippen LogP contribution in [0.25, 0.3) is 0 Å². The summed E-state index contributed by atoms with van der Waals surface area (Å²) in [6, 6.07) is 0.